The summed E-state index contributed by atoms with van der Waals surface area (Å²) in [4.78, 5) is 11.8. The van der Waals surface area contributed by atoms with Gasteiger partial charge in [0.1, 0.15) is 5.75 Å². The van der Waals surface area contributed by atoms with Crippen LogP contribution in [-0.2, 0) is 332 Å². The highest BCUT2D eigenvalue weighted by atomic mass is 33.5. The van der Waals surface area contributed by atoms with Gasteiger partial charge in [-0.25, -0.2) is 0 Å². The van der Waals surface area contributed by atoms with Gasteiger partial charge in [0.15, 0.2) is 0 Å². The Morgan fingerprint density at radius 3 is 1.20 bits per heavy atom. The number of aromatic hydroxyl groups is 1. The molecule has 0 saturated heterocycles. The zero-order valence-electron chi connectivity index (χ0n) is 26.4. The first kappa shape index (κ1) is 57.3. The highest BCUT2D eigenvalue weighted by Crippen LogP contribution is 2.57. The summed E-state index contributed by atoms with van der Waals surface area (Å²) in [5.74, 6) is -0.235. The van der Waals surface area contributed by atoms with Crippen LogP contribution < -0.4 is 0 Å². The fourth-order valence-corrected chi connectivity index (χ4v) is 90.1. The molecule has 0 spiro atoms. The second-order valence-electron chi connectivity index (χ2n) is 9.17. The van der Waals surface area contributed by atoms with Crippen molar-refractivity contribution in [3.63, 3.8) is 0 Å². The number of carboxylic acids is 1. The number of aliphatic carboxylic acids is 1. The van der Waals surface area contributed by atoms with Crippen LogP contribution in [0.4, 0.5) is 0 Å². The van der Waals surface area contributed by atoms with Crippen molar-refractivity contribution in [3.05, 3.63) is 29.3 Å². The van der Waals surface area contributed by atoms with E-state index in [2.05, 4.69) is 6.92 Å². The standard InChI is InChI=1S/C17H22O3.S35/c1-16-8-3-9-17(2,15(19)20)14(16)7-5-11-4-6-12(18)10-13(11)16;1-3-5-7-9-11-13-15-17-19-21-23-25-27-29-31-33-35-34-32-30-28-26-24-22-20-18-16-14-12-10-8-6-4-2/h4,6,10,14,18H,3,5,7-9H2,1-2H3,(H,19,20);/t14-,16-,17+;/m1./s1. The number of phenolic OH excluding ortho intramolecular Hbond substituents is 1. The molecule has 0 aliphatic heterocycles. The molecule has 1 saturated carbocycles. The van der Waals surface area contributed by atoms with Gasteiger partial charge in [-0.3, -0.25) is 4.79 Å². The molecule has 0 bridgehead atoms. The lowest BCUT2D eigenvalue weighted by Gasteiger charge is -2.53. The fraction of sp³-hybridized carbons (Fsp3) is 0.588. The minimum atomic E-state index is -0.669. The molecule has 1 fully saturated rings. The molecule has 3 atom stereocenters. The maximum absolute atomic E-state index is 11.8. The van der Waals surface area contributed by atoms with E-state index in [9.17, 15) is 15.0 Å². The van der Waals surface area contributed by atoms with Crippen LogP contribution in [0, 0.1) is 11.3 Å². The summed E-state index contributed by atoms with van der Waals surface area (Å²) in [7, 11) is 58.2. The molecule has 318 valence electrons. The van der Waals surface area contributed by atoms with E-state index in [-0.39, 0.29) is 17.1 Å². The molecule has 0 amide bonds. The van der Waals surface area contributed by atoms with Gasteiger partial charge < -0.3 is 10.2 Å². The third-order valence-corrected chi connectivity index (χ3v) is 77.8. The molecule has 1 aromatic rings. The number of carboxylic acid groups (broad SMARTS) is 1. The minimum Gasteiger partial charge on any atom is -0.508 e. The van der Waals surface area contributed by atoms with E-state index in [4.69, 9.17) is 22.4 Å². The lowest BCUT2D eigenvalue weighted by atomic mass is 9.50. The summed E-state index contributed by atoms with van der Waals surface area (Å²) in [5, 5.41) is 19.5. The summed E-state index contributed by atoms with van der Waals surface area (Å²) in [6, 6.07) is 5.59. The molecule has 38 heteroatoms. The number of phenols is 1. The van der Waals surface area contributed by atoms with Crippen LogP contribution in [0.5, 0.6) is 5.75 Å². The van der Waals surface area contributed by atoms with Gasteiger partial charge in [-0.15, -0.1) is 0 Å². The third kappa shape index (κ3) is 26.2. The van der Waals surface area contributed by atoms with Crippen molar-refractivity contribution >= 4 is 321 Å². The van der Waals surface area contributed by atoms with Crippen LogP contribution in [0.1, 0.15) is 50.7 Å². The lowest BCUT2D eigenvalue weighted by Crippen LogP contribution is -2.52. The van der Waals surface area contributed by atoms with Crippen molar-refractivity contribution < 1.29 is 15.0 Å². The number of fused-ring (bicyclic) bond motifs is 3. The Bertz CT molecular complexity index is 2980. The maximum atomic E-state index is 11.8. The lowest BCUT2D eigenvalue weighted by molar-refractivity contribution is -0.157. The summed E-state index contributed by atoms with van der Waals surface area (Å²) in [6.45, 7) is 4.10. The first-order valence-electron chi connectivity index (χ1n) is 13.1. The van der Waals surface area contributed by atoms with Gasteiger partial charge in [-0.05, 0) is 67.2 Å². The number of benzene rings is 1. The monoisotopic (exact) mass is 1390 g/mol. The van der Waals surface area contributed by atoms with E-state index in [1.54, 1.807) is 113 Å². The van der Waals surface area contributed by atoms with Crippen molar-refractivity contribution in [1.82, 2.24) is 0 Å². The molecule has 2 aliphatic carbocycles. The highest BCUT2D eigenvalue weighted by molar-refractivity contribution is 8.80. The van der Waals surface area contributed by atoms with Crippen LogP contribution >= 0.6 is 0 Å². The minimum absolute atomic E-state index is 0.127. The zero-order valence-corrected chi connectivity index (χ0v) is 55.0. The molecule has 0 heterocycles. The van der Waals surface area contributed by atoms with Gasteiger partial charge in [0, 0.05) is 315 Å². The van der Waals surface area contributed by atoms with Gasteiger partial charge in [-0.1, -0.05) is 19.4 Å². The summed E-state index contributed by atoms with van der Waals surface area (Å²) >= 11 is 9.59. The Balaban J connectivity index is 0.000000435. The average molecular weight is 1400 g/mol. The normalized spacial score (nSPS) is 18.0. The largest absolute Gasteiger partial charge is 0.508 e. The predicted molar refractivity (Wildman–Crippen MR) is 335 cm³/mol. The van der Waals surface area contributed by atoms with Crippen molar-refractivity contribution in [1.29, 1.82) is 0 Å². The van der Waals surface area contributed by atoms with Crippen LogP contribution in [0.2, 0.25) is 0 Å². The number of rotatable bonds is 1. The van der Waals surface area contributed by atoms with E-state index in [0.717, 1.165) is 32.1 Å². The maximum Gasteiger partial charge on any atom is 0.309 e. The molecule has 2 N–H and O–H groups in total. The number of hydrogen-bond acceptors (Lipinski definition) is 4. The van der Waals surface area contributed by atoms with Gasteiger partial charge in [0.25, 0.3) is 0 Å². The Morgan fingerprint density at radius 2 is 0.891 bits per heavy atom. The SMILES string of the molecule is C[C@]1(C(=O)O)CCC[C@]2(C)c3cc(O)ccc3CC[C@@H]12.S=S=S=S=S=S=S=S=S=S=S=S=S=S=S=S=S=S=S=S=S=S=S=S=S=S=S=S=S=S=S=S=S=S=S. The molecule has 3 rings (SSSR count). The second kappa shape index (κ2) is 38.3. The highest BCUT2D eigenvalue weighted by Gasteiger charge is 2.55. The van der Waals surface area contributed by atoms with E-state index >= 15 is 0 Å². The Morgan fingerprint density at radius 1 is 0.564 bits per heavy atom. The molecular weight excluding hydrogens is 1370 g/mol. The topological polar surface area (TPSA) is 57.5 Å². The van der Waals surface area contributed by atoms with E-state index in [1.165, 1.54) is 28.9 Å². The van der Waals surface area contributed by atoms with Crippen molar-refractivity contribution in [2.45, 2.75) is 51.4 Å². The van der Waals surface area contributed by atoms with Gasteiger partial charge >= 0.3 is 5.97 Å². The Hall–Kier alpha value is 6.19. The van der Waals surface area contributed by atoms with Gasteiger partial charge in [-0.2, -0.15) is 0 Å². The quantitative estimate of drug-likeness (QED) is 0.453. The summed E-state index contributed by atoms with van der Waals surface area (Å²) < 4.78 is 0. The fourth-order valence-electron chi connectivity index (χ4n) is 5.06. The molecular formula is C17H22O3S35. The smallest absolute Gasteiger partial charge is 0.309 e. The molecule has 55 heavy (non-hydrogen) atoms. The van der Waals surface area contributed by atoms with E-state index < -0.39 is 11.4 Å². The first-order chi connectivity index (χ1) is 26.8. The average Bonchev–Trinajstić information content (AvgIpc) is 3.17. The van der Waals surface area contributed by atoms with E-state index in [1.807, 2.05) is 188 Å². The predicted octanol–water partition coefficient (Wildman–Crippen LogP) is 3.40. The molecule has 1 aromatic carbocycles. The molecule has 3 nitrogen and oxygen atoms in total. The van der Waals surface area contributed by atoms with E-state index in [0.29, 0.717) is 0 Å². The molecule has 2 aliphatic rings. The zero-order chi connectivity index (χ0) is 39.9. The van der Waals surface area contributed by atoms with Gasteiger partial charge in [0.05, 0.1) is 5.41 Å². The number of carbonyl (C=O) groups is 1. The molecule has 0 aromatic heterocycles. The third-order valence-electron chi connectivity index (χ3n) is 6.72. The van der Waals surface area contributed by atoms with Crippen LogP contribution in [0.25, 0.3) is 0 Å². The Labute approximate surface area is 424 Å². The number of aryl methyl sites for hydroxylation is 1. The van der Waals surface area contributed by atoms with Crippen molar-refractivity contribution in [2.24, 2.45) is 11.3 Å². The summed E-state index contributed by atoms with van der Waals surface area (Å²) in [5.41, 5.74) is 1.67. The van der Waals surface area contributed by atoms with Crippen LogP contribution in [0.15, 0.2) is 18.2 Å². The molecule has 0 radical (unpaired) electrons. The molecule has 0 unspecified atom stereocenters. The van der Waals surface area contributed by atoms with Gasteiger partial charge in [0.2, 0.25) is 0 Å². The summed E-state index contributed by atoms with van der Waals surface area (Å²) in [6.07, 6.45) is 4.55. The Kier molecular flexibility index (Phi) is 39.9. The first-order valence-corrected chi connectivity index (χ1v) is 58.4. The van der Waals surface area contributed by atoms with Crippen LogP contribution in [-0.4, -0.2) is 16.2 Å². The van der Waals surface area contributed by atoms with Crippen molar-refractivity contribution in [2.75, 3.05) is 0 Å². The van der Waals surface area contributed by atoms with Crippen LogP contribution in [0.3, 0.4) is 0 Å². The second-order valence-corrected chi connectivity index (χ2v) is 67.6. The van der Waals surface area contributed by atoms with Crippen molar-refractivity contribution in [3.8, 4) is 5.75 Å². The number of hydrogen-bond donors (Lipinski definition) is 2.